The van der Waals surface area contributed by atoms with Gasteiger partial charge in [-0.15, -0.1) is 0 Å². The summed E-state index contributed by atoms with van der Waals surface area (Å²) < 4.78 is 8.15. The quantitative estimate of drug-likeness (QED) is 0.900. The summed E-state index contributed by atoms with van der Waals surface area (Å²) in [5, 5.41) is 4.29. The summed E-state index contributed by atoms with van der Waals surface area (Å²) in [7, 11) is 1.78. The van der Waals surface area contributed by atoms with E-state index in [1.54, 1.807) is 13.3 Å². The zero-order valence-electron chi connectivity index (χ0n) is 8.82. The maximum Gasteiger partial charge on any atom is 0.136 e. The first kappa shape index (κ1) is 11.0. The predicted octanol–water partition coefficient (Wildman–Crippen LogP) is 2.36. The van der Waals surface area contributed by atoms with Crippen LogP contribution in [0.15, 0.2) is 10.7 Å². The maximum absolute atomic E-state index is 5.92. The van der Waals surface area contributed by atoms with Gasteiger partial charge in [-0.1, -0.05) is 0 Å². The molecule has 84 valence electrons. The van der Waals surface area contributed by atoms with Crippen LogP contribution < -0.4 is 5.73 Å². The summed E-state index contributed by atoms with van der Waals surface area (Å²) >= 11 is 3.38. The fourth-order valence-electron chi connectivity index (χ4n) is 2.17. The molecule has 5 heteroatoms. The Bertz CT molecular complexity index is 331. The Morgan fingerprint density at radius 2 is 2.13 bits per heavy atom. The number of anilines is 1. The van der Waals surface area contributed by atoms with E-state index in [2.05, 4.69) is 21.0 Å². The highest BCUT2D eigenvalue weighted by molar-refractivity contribution is 9.10. The van der Waals surface area contributed by atoms with Gasteiger partial charge in [-0.05, 0) is 41.6 Å². The molecular weight excluding hydrogens is 258 g/mol. The zero-order valence-corrected chi connectivity index (χ0v) is 10.4. The zero-order chi connectivity index (χ0) is 10.8. The van der Waals surface area contributed by atoms with Crippen LogP contribution in [0, 0.1) is 0 Å². The fourth-order valence-corrected chi connectivity index (χ4v) is 2.44. The summed E-state index contributed by atoms with van der Waals surface area (Å²) in [6, 6.07) is 0.433. The number of nitrogens with zero attached hydrogens (tertiary/aromatic N) is 2. The second-order valence-corrected chi connectivity index (χ2v) is 4.84. The van der Waals surface area contributed by atoms with E-state index < -0.39 is 0 Å². The second-order valence-electron chi connectivity index (χ2n) is 3.99. The van der Waals surface area contributed by atoms with Gasteiger partial charge >= 0.3 is 0 Å². The standard InChI is InChI=1S/C10H16BrN3O/c1-15-8-4-2-7(3-5-8)14-10(12)9(11)6-13-14/h6-8H,2-5,12H2,1H3. The molecule has 1 aromatic heterocycles. The molecule has 1 aromatic rings. The van der Waals surface area contributed by atoms with E-state index in [4.69, 9.17) is 10.5 Å². The van der Waals surface area contributed by atoms with Gasteiger partial charge in [0.15, 0.2) is 0 Å². The van der Waals surface area contributed by atoms with Crippen LogP contribution in [0.4, 0.5) is 5.82 Å². The van der Waals surface area contributed by atoms with Crippen molar-refractivity contribution in [1.29, 1.82) is 0 Å². The van der Waals surface area contributed by atoms with Gasteiger partial charge in [0.05, 0.1) is 22.8 Å². The van der Waals surface area contributed by atoms with E-state index in [9.17, 15) is 0 Å². The van der Waals surface area contributed by atoms with Crippen LogP contribution >= 0.6 is 15.9 Å². The van der Waals surface area contributed by atoms with Crippen LogP contribution in [0.1, 0.15) is 31.7 Å². The normalized spacial score (nSPS) is 26.8. The number of hydrogen-bond donors (Lipinski definition) is 1. The molecule has 1 heterocycles. The highest BCUT2D eigenvalue weighted by Gasteiger charge is 2.24. The van der Waals surface area contributed by atoms with Crippen molar-refractivity contribution in [1.82, 2.24) is 9.78 Å². The van der Waals surface area contributed by atoms with Crippen molar-refractivity contribution in [3.05, 3.63) is 10.7 Å². The molecule has 1 aliphatic carbocycles. The van der Waals surface area contributed by atoms with Crippen LogP contribution in [0.3, 0.4) is 0 Å². The minimum absolute atomic E-state index is 0.418. The molecule has 0 bridgehead atoms. The first-order valence-electron chi connectivity index (χ1n) is 5.23. The molecular formula is C10H16BrN3O. The average molecular weight is 274 g/mol. The van der Waals surface area contributed by atoms with E-state index in [0.29, 0.717) is 12.1 Å². The van der Waals surface area contributed by atoms with Gasteiger partial charge in [0.25, 0.3) is 0 Å². The topological polar surface area (TPSA) is 53.1 Å². The van der Waals surface area contributed by atoms with Gasteiger partial charge in [-0.25, -0.2) is 4.68 Å². The number of aromatic nitrogens is 2. The minimum Gasteiger partial charge on any atom is -0.383 e. The number of hydrogen-bond acceptors (Lipinski definition) is 3. The van der Waals surface area contributed by atoms with Crippen molar-refractivity contribution >= 4 is 21.7 Å². The van der Waals surface area contributed by atoms with Gasteiger partial charge in [0, 0.05) is 7.11 Å². The lowest BCUT2D eigenvalue weighted by Gasteiger charge is -2.28. The van der Waals surface area contributed by atoms with Gasteiger partial charge in [0.2, 0.25) is 0 Å². The predicted molar refractivity (Wildman–Crippen MR) is 62.6 cm³/mol. The van der Waals surface area contributed by atoms with Crippen molar-refractivity contribution in [2.45, 2.75) is 37.8 Å². The molecule has 0 spiro atoms. The van der Waals surface area contributed by atoms with E-state index in [0.717, 1.165) is 36.0 Å². The molecule has 1 saturated carbocycles. The number of nitrogens with two attached hydrogens (primary N) is 1. The van der Waals surface area contributed by atoms with Crippen molar-refractivity contribution in [2.75, 3.05) is 12.8 Å². The second kappa shape index (κ2) is 4.53. The van der Waals surface area contributed by atoms with Crippen molar-refractivity contribution in [3.8, 4) is 0 Å². The lowest BCUT2D eigenvalue weighted by atomic mass is 9.93. The van der Waals surface area contributed by atoms with Crippen LogP contribution in [-0.4, -0.2) is 23.0 Å². The van der Waals surface area contributed by atoms with E-state index in [-0.39, 0.29) is 0 Å². The van der Waals surface area contributed by atoms with Crippen LogP contribution in [0.2, 0.25) is 0 Å². The Morgan fingerprint density at radius 3 is 2.60 bits per heavy atom. The highest BCUT2D eigenvalue weighted by Crippen LogP contribution is 2.32. The highest BCUT2D eigenvalue weighted by atomic mass is 79.9. The summed E-state index contributed by atoms with van der Waals surface area (Å²) in [5.41, 5.74) is 5.92. The molecule has 2 N–H and O–H groups in total. The Labute approximate surface area is 97.9 Å². The van der Waals surface area contributed by atoms with Crippen molar-refractivity contribution < 1.29 is 4.74 Å². The molecule has 15 heavy (non-hydrogen) atoms. The number of ether oxygens (including phenoxy) is 1. The maximum atomic E-state index is 5.92. The molecule has 2 rings (SSSR count). The molecule has 0 saturated heterocycles. The van der Waals surface area contributed by atoms with E-state index in [1.165, 1.54) is 0 Å². The number of methoxy groups -OCH3 is 1. The van der Waals surface area contributed by atoms with Crippen LogP contribution in [-0.2, 0) is 4.74 Å². The summed E-state index contributed by atoms with van der Waals surface area (Å²) in [6.07, 6.45) is 6.56. The molecule has 0 aromatic carbocycles. The van der Waals surface area contributed by atoms with E-state index >= 15 is 0 Å². The molecule has 0 atom stereocenters. The van der Waals surface area contributed by atoms with Gasteiger partial charge in [-0.2, -0.15) is 5.10 Å². The SMILES string of the molecule is COC1CCC(n2ncc(Br)c2N)CC1. The Balaban J connectivity index is 2.04. The summed E-state index contributed by atoms with van der Waals surface area (Å²) in [5.74, 6) is 0.732. The van der Waals surface area contributed by atoms with Crippen LogP contribution in [0.25, 0.3) is 0 Å². The average Bonchev–Trinajstić information content (AvgIpc) is 2.60. The molecule has 0 radical (unpaired) electrons. The first-order chi connectivity index (χ1) is 7.22. The molecule has 0 unspecified atom stereocenters. The number of nitrogen functional groups attached to an aromatic ring is 1. The molecule has 1 fully saturated rings. The smallest absolute Gasteiger partial charge is 0.136 e. The number of rotatable bonds is 2. The Hall–Kier alpha value is -0.550. The van der Waals surface area contributed by atoms with Gasteiger partial charge < -0.3 is 10.5 Å². The largest absolute Gasteiger partial charge is 0.383 e. The molecule has 0 amide bonds. The van der Waals surface area contributed by atoms with Gasteiger partial charge in [-0.3, -0.25) is 0 Å². The summed E-state index contributed by atoms with van der Waals surface area (Å²) in [6.45, 7) is 0. The first-order valence-corrected chi connectivity index (χ1v) is 6.03. The monoisotopic (exact) mass is 273 g/mol. The van der Waals surface area contributed by atoms with Gasteiger partial charge in [0.1, 0.15) is 5.82 Å². The third-order valence-corrected chi connectivity index (χ3v) is 3.72. The minimum atomic E-state index is 0.418. The van der Waals surface area contributed by atoms with Crippen molar-refractivity contribution in [3.63, 3.8) is 0 Å². The third kappa shape index (κ3) is 2.18. The lowest BCUT2D eigenvalue weighted by Crippen LogP contribution is -2.24. The Morgan fingerprint density at radius 1 is 1.47 bits per heavy atom. The van der Waals surface area contributed by atoms with Crippen molar-refractivity contribution in [2.24, 2.45) is 0 Å². The van der Waals surface area contributed by atoms with E-state index in [1.807, 2.05) is 4.68 Å². The number of halogens is 1. The third-order valence-electron chi connectivity index (χ3n) is 3.11. The Kier molecular flexibility index (Phi) is 3.31. The lowest BCUT2D eigenvalue weighted by molar-refractivity contribution is 0.0571. The van der Waals surface area contributed by atoms with Crippen LogP contribution in [0.5, 0.6) is 0 Å². The fraction of sp³-hybridized carbons (Fsp3) is 0.700. The molecule has 4 nitrogen and oxygen atoms in total. The molecule has 1 aliphatic rings. The summed E-state index contributed by atoms with van der Waals surface area (Å²) in [4.78, 5) is 0. The molecule has 0 aliphatic heterocycles.